The van der Waals surface area contributed by atoms with Crippen LogP contribution in [0.1, 0.15) is 59.9 Å². The standard InChI is InChI=1S/C29H50O7Si2/c1-27(2,3)37(8,9)35-25-23(19-30)17-29(26(31)32-7,36-38(10,11)28(4,5)6)18-24(25)34-21-33-20-22-15-13-12-14-16-22/h12-16,19,23-25H,17-18,20-21H2,1-11H3/t23-,24+,25+,29-/m0/s1. The number of aldehydes is 1. The summed E-state index contributed by atoms with van der Waals surface area (Å²) in [7, 11) is -3.34. The van der Waals surface area contributed by atoms with Crippen LogP contribution in [0.25, 0.3) is 0 Å². The summed E-state index contributed by atoms with van der Waals surface area (Å²) < 4.78 is 31.1. The first-order chi connectivity index (χ1) is 17.4. The van der Waals surface area contributed by atoms with Gasteiger partial charge in [-0.25, -0.2) is 4.79 Å². The molecule has 0 bridgehead atoms. The number of carbonyl (C=O) groups is 2. The van der Waals surface area contributed by atoms with Crippen molar-refractivity contribution in [2.75, 3.05) is 13.9 Å². The number of ether oxygens (including phenoxy) is 3. The largest absolute Gasteiger partial charge is 0.467 e. The third kappa shape index (κ3) is 7.85. The quantitative estimate of drug-likeness (QED) is 0.0997. The highest BCUT2D eigenvalue weighted by molar-refractivity contribution is 6.74. The Morgan fingerprint density at radius 2 is 1.55 bits per heavy atom. The smallest absolute Gasteiger partial charge is 0.337 e. The van der Waals surface area contributed by atoms with Crippen molar-refractivity contribution in [3.05, 3.63) is 35.9 Å². The zero-order valence-corrected chi connectivity index (χ0v) is 27.4. The average Bonchev–Trinajstić information content (AvgIpc) is 2.81. The summed E-state index contributed by atoms with van der Waals surface area (Å²) in [6, 6.07) is 9.85. The van der Waals surface area contributed by atoms with E-state index < -0.39 is 46.3 Å². The predicted molar refractivity (Wildman–Crippen MR) is 155 cm³/mol. The Morgan fingerprint density at radius 1 is 0.974 bits per heavy atom. The SMILES string of the molecule is COC(=O)[C@]1(O[Si](C)(C)C(C)(C)C)C[C@@H](C=O)[C@@H](O[Si](C)(C)C(C)(C)C)[C@H](OCOCc2ccccc2)C1. The Hall–Kier alpha value is -1.37. The number of methoxy groups -OCH3 is 1. The molecule has 1 aliphatic rings. The van der Waals surface area contributed by atoms with Gasteiger partial charge in [0, 0.05) is 12.3 Å². The number of hydrogen-bond acceptors (Lipinski definition) is 7. The van der Waals surface area contributed by atoms with Gasteiger partial charge in [-0.2, -0.15) is 0 Å². The lowest BCUT2D eigenvalue weighted by molar-refractivity contribution is -0.196. The van der Waals surface area contributed by atoms with Crippen LogP contribution in [0.2, 0.25) is 36.3 Å². The third-order valence-electron chi connectivity index (χ3n) is 8.59. The lowest BCUT2D eigenvalue weighted by atomic mass is 9.75. The maximum Gasteiger partial charge on any atom is 0.337 e. The lowest BCUT2D eigenvalue weighted by Gasteiger charge is -2.51. The number of rotatable bonds is 11. The third-order valence-corrected chi connectivity index (χ3v) is 17.6. The van der Waals surface area contributed by atoms with Crippen molar-refractivity contribution < 1.29 is 32.7 Å². The fourth-order valence-corrected chi connectivity index (χ4v) is 7.14. The molecule has 0 spiro atoms. The van der Waals surface area contributed by atoms with Gasteiger partial charge in [-0.1, -0.05) is 71.9 Å². The summed E-state index contributed by atoms with van der Waals surface area (Å²) in [6.45, 7) is 21.8. The zero-order valence-electron chi connectivity index (χ0n) is 25.4. The molecular weight excluding hydrogens is 516 g/mol. The van der Waals surface area contributed by atoms with E-state index >= 15 is 0 Å². The first kappa shape index (κ1) is 32.8. The van der Waals surface area contributed by atoms with Crippen molar-refractivity contribution in [3.63, 3.8) is 0 Å². The van der Waals surface area contributed by atoms with Crippen molar-refractivity contribution in [2.24, 2.45) is 5.92 Å². The Labute approximate surface area is 232 Å². The van der Waals surface area contributed by atoms with E-state index in [4.69, 9.17) is 23.1 Å². The minimum Gasteiger partial charge on any atom is -0.467 e. The van der Waals surface area contributed by atoms with Gasteiger partial charge in [-0.15, -0.1) is 0 Å². The van der Waals surface area contributed by atoms with E-state index in [1.54, 1.807) is 0 Å². The minimum absolute atomic E-state index is 0.000154. The Morgan fingerprint density at radius 3 is 2.05 bits per heavy atom. The summed E-state index contributed by atoms with van der Waals surface area (Å²) in [5.74, 6) is -1.07. The topological polar surface area (TPSA) is 80.3 Å². The molecule has 1 fully saturated rings. The van der Waals surface area contributed by atoms with Crippen LogP contribution in [0.15, 0.2) is 30.3 Å². The van der Waals surface area contributed by atoms with E-state index in [2.05, 4.69) is 67.7 Å². The van der Waals surface area contributed by atoms with Crippen LogP contribution < -0.4 is 0 Å². The van der Waals surface area contributed by atoms with E-state index in [9.17, 15) is 9.59 Å². The highest BCUT2D eigenvalue weighted by atomic mass is 28.4. The van der Waals surface area contributed by atoms with Crippen LogP contribution in [-0.4, -0.2) is 60.6 Å². The van der Waals surface area contributed by atoms with Gasteiger partial charge in [-0.05, 0) is 48.2 Å². The molecule has 1 aromatic rings. The molecule has 0 unspecified atom stereocenters. The van der Waals surface area contributed by atoms with E-state index in [0.717, 1.165) is 11.8 Å². The molecule has 0 heterocycles. The summed E-state index contributed by atoms with van der Waals surface area (Å²) in [6.07, 6.45) is 0.205. The van der Waals surface area contributed by atoms with Crippen LogP contribution in [0.4, 0.5) is 0 Å². The van der Waals surface area contributed by atoms with E-state index in [1.165, 1.54) is 7.11 Å². The average molecular weight is 567 g/mol. The van der Waals surface area contributed by atoms with E-state index in [1.807, 2.05) is 30.3 Å². The van der Waals surface area contributed by atoms with Gasteiger partial charge >= 0.3 is 5.97 Å². The minimum atomic E-state index is -2.43. The van der Waals surface area contributed by atoms with Crippen LogP contribution in [0, 0.1) is 5.92 Å². The number of benzene rings is 1. The molecule has 216 valence electrons. The summed E-state index contributed by atoms with van der Waals surface area (Å²) in [5.41, 5.74) is -0.273. The summed E-state index contributed by atoms with van der Waals surface area (Å²) >= 11 is 0. The second-order valence-corrected chi connectivity index (χ2v) is 23.0. The molecular formula is C29H50O7Si2. The molecule has 9 heteroatoms. The molecule has 0 aromatic heterocycles. The fraction of sp³-hybridized carbons (Fsp3) is 0.724. The van der Waals surface area contributed by atoms with Gasteiger partial charge in [-0.3, -0.25) is 0 Å². The molecule has 0 radical (unpaired) electrons. The molecule has 7 nitrogen and oxygen atoms in total. The summed E-state index contributed by atoms with van der Waals surface area (Å²) in [5, 5.41) is -0.211. The van der Waals surface area contributed by atoms with Crippen molar-refractivity contribution in [2.45, 2.75) is 115 Å². The van der Waals surface area contributed by atoms with Crippen molar-refractivity contribution >= 4 is 28.9 Å². The number of esters is 1. The first-order valence-electron chi connectivity index (χ1n) is 13.5. The van der Waals surface area contributed by atoms with Crippen LogP contribution in [0.3, 0.4) is 0 Å². The summed E-state index contributed by atoms with van der Waals surface area (Å²) in [4.78, 5) is 26.0. The highest BCUT2D eigenvalue weighted by Crippen LogP contribution is 2.47. The molecule has 0 aliphatic heterocycles. The van der Waals surface area contributed by atoms with Gasteiger partial charge in [0.1, 0.15) is 13.1 Å². The first-order valence-corrected chi connectivity index (χ1v) is 19.4. The van der Waals surface area contributed by atoms with Crippen LogP contribution in [-0.2, 0) is 39.3 Å². The van der Waals surface area contributed by atoms with Gasteiger partial charge in [0.2, 0.25) is 0 Å². The molecule has 4 atom stereocenters. The van der Waals surface area contributed by atoms with Crippen molar-refractivity contribution in [1.29, 1.82) is 0 Å². The Kier molecular flexibility index (Phi) is 10.7. The zero-order chi connectivity index (χ0) is 29.0. The maximum absolute atomic E-state index is 13.4. The van der Waals surface area contributed by atoms with E-state index in [0.29, 0.717) is 6.61 Å². The molecule has 0 N–H and O–H groups in total. The highest BCUT2D eigenvalue weighted by Gasteiger charge is 2.58. The van der Waals surface area contributed by atoms with E-state index in [-0.39, 0.29) is 29.7 Å². The van der Waals surface area contributed by atoms with Gasteiger partial charge in [0.05, 0.1) is 25.9 Å². The number of hydrogen-bond donors (Lipinski definition) is 0. The van der Waals surface area contributed by atoms with Crippen molar-refractivity contribution in [3.8, 4) is 0 Å². The van der Waals surface area contributed by atoms with Crippen LogP contribution in [0.5, 0.6) is 0 Å². The maximum atomic E-state index is 13.4. The van der Waals surface area contributed by atoms with Crippen LogP contribution >= 0.6 is 0 Å². The normalized spacial score (nSPS) is 25.2. The van der Waals surface area contributed by atoms with Gasteiger partial charge in [0.25, 0.3) is 0 Å². The van der Waals surface area contributed by atoms with Gasteiger partial charge < -0.3 is 27.9 Å². The fourth-order valence-electron chi connectivity index (χ4n) is 4.25. The Balaban J connectivity index is 2.42. The molecule has 1 saturated carbocycles. The molecule has 1 aliphatic carbocycles. The lowest BCUT2D eigenvalue weighted by Crippen LogP contribution is -2.63. The number of carbonyl (C=O) groups excluding carboxylic acids is 2. The second-order valence-electron chi connectivity index (χ2n) is 13.6. The molecule has 0 amide bonds. The Bertz CT molecular complexity index is 921. The monoisotopic (exact) mass is 566 g/mol. The van der Waals surface area contributed by atoms with Gasteiger partial charge in [0.15, 0.2) is 22.2 Å². The molecule has 0 saturated heterocycles. The molecule has 38 heavy (non-hydrogen) atoms. The predicted octanol–water partition coefficient (Wildman–Crippen LogP) is 6.48. The molecule has 1 aromatic carbocycles. The second kappa shape index (κ2) is 12.4. The molecule has 2 rings (SSSR count). The van der Waals surface area contributed by atoms with Crippen molar-refractivity contribution in [1.82, 2.24) is 0 Å².